The van der Waals surface area contributed by atoms with E-state index in [-0.39, 0.29) is 23.2 Å². The molecule has 0 unspecified atom stereocenters. The first-order valence-electron chi connectivity index (χ1n) is 12.0. The minimum absolute atomic E-state index is 0.0322. The molecule has 2 atom stereocenters. The summed E-state index contributed by atoms with van der Waals surface area (Å²) in [6, 6.07) is 17.3. The van der Waals surface area contributed by atoms with Gasteiger partial charge in [-0.1, -0.05) is 48.5 Å². The van der Waals surface area contributed by atoms with Crippen LogP contribution < -0.4 is 10.6 Å². The Morgan fingerprint density at radius 3 is 2.42 bits per heavy atom. The van der Waals surface area contributed by atoms with Crippen molar-refractivity contribution in [3.05, 3.63) is 77.9 Å². The van der Waals surface area contributed by atoms with E-state index in [2.05, 4.69) is 0 Å². The fourth-order valence-corrected chi connectivity index (χ4v) is 5.93. The van der Waals surface area contributed by atoms with Gasteiger partial charge in [-0.15, -0.1) is 11.8 Å². The Morgan fingerprint density at radius 1 is 1.05 bits per heavy atom. The Hall–Kier alpha value is -3.89. The molecule has 0 bridgehead atoms. The van der Waals surface area contributed by atoms with E-state index in [1.807, 2.05) is 42.5 Å². The summed E-state index contributed by atoms with van der Waals surface area (Å²) in [5, 5.41) is 11.0. The third-order valence-corrected chi connectivity index (χ3v) is 7.37. The minimum atomic E-state index is -1.21. The van der Waals surface area contributed by atoms with Crippen molar-refractivity contribution in [2.45, 2.75) is 37.8 Å². The van der Waals surface area contributed by atoms with E-state index >= 15 is 0 Å². The van der Waals surface area contributed by atoms with Crippen LogP contribution in [0.2, 0.25) is 0 Å². The summed E-state index contributed by atoms with van der Waals surface area (Å²) in [5.41, 5.74) is 5.70. The zero-order valence-corrected chi connectivity index (χ0v) is 22.1. The molecule has 1 heterocycles. The number of fused-ring (bicyclic) bond motifs is 1. The Labute approximate surface area is 224 Å². The number of ether oxygens (including phenoxy) is 1. The molecule has 10 heteroatoms. The van der Waals surface area contributed by atoms with Gasteiger partial charge in [-0.25, -0.2) is 14.5 Å². The van der Waals surface area contributed by atoms with Crippen molar-refractivity contribution < 1.29 is 29.0 Å². The maximum Gasteiger partial charge on any atom is 0.335 e. The molecule has 0 saturated carbocycles. The summed E-state index contributed by atoms with van der Waals surface area (Å²) in [6.07, 6.45) is 0. The van der Waals surface area contributed by atoms with Crippen molar-refractivity contribution in [3.8, 4) is 0 Å². The van der Waals surface area contributed by atoms with Crippen molar-refractivity contribution >= 4 is 52.1 Å². The average molecular weight is 536 g/mol. The van der Waals surface area contributed by atoms with Crippen LogP contribution in [-0.4, -0.2) is 57.8 Å². The number of esters is 1. The van der Waals surface area contributed by atoms with Gasteiger partial charge in [-0.05, 0) is 55.3 Å². The first kappa shape index (κ1) is 27.2. The van der Waals surface area contributed by atoms with Crippen molar-refractivity contribution in [1.29, 1.82) is 0 Å². The third kappa shape index (κ3) is 5.81. The van der Waals surface area contributed by atoms with E-state index in [1.54, 1.807) is 25.7 Å². The van der Waals surface area contributed by atoms with Crippen LogP contribution in [0.25, 0.3) is 10.8 Å². The second-order valence-corrected chi connectivity index (χ2v) is 11.0. The molecule has 3 amide bonds. The summed E-state index contributed by atoms with van der Waals surface area (Å²) in [5.74, 6) is -2.00. The number of benzene rings is 3. The molecule has 3 aromatic carbocycles. The van der Waals surface area contributed by atoms with Gasteiger partial charge < -0.3 is 15.6 Å². The molecule has 198 valence electrons. The highest BCUT2D eigenvalue weighted by Gasteiger charge is 2.43. The highest BCUT2D eigenvalue weighted by Crippen LogP contribution is 2.44. The van der Waals surface area contributed by atoms with Crippen molar-refractivity contribution in [1.82, 2.24) is 4.90 Å². The number of carboxylic acid groups (broad SMARTS) is 1. The third-order valence-electron chi connectivity index (χ3n) is 6.02. The molecule has 9 nitrogen and oxygen atoms in total. The van der Waals surface area contributed by atoms with Gasteiger partial charge in [0.15, 0.2) is 0 Å². The lowest BCUT2D eigenvalue weighted by molar-refractivity contribution is -0.160. The van der Waals surface area contributed by atoms with Gasteiger partial charge in [-0.2, -0.15) is 0 Å². The lowest BCUT2D eigenvalue weighted by atomic mass is 10.0. The summed E-state index contributed by atoms with van der Waals surface area (Å²) in [6.45, 7) is 4.99. The van der Waals surface area contributed by atoms with Gasteiger partial charge in [0, 0.05) is 5.75 Å². The molecule has 0 aliphatic carbocycles. The normalized spacial score (nSPS) is 17.8. The van der Waals surface area contributed by atoms with Crippen molar-refractivity contribution in [2.24, 2.45) is 5.73 Å². The largest absolute Gasteiger partial charge is 0.478 e. The monoisotopic (exact) mass is 535 g/mol. The number of carbonyl (C=O) groups excluding carboxylic acids is 3. The molecular weight excluding hydrogens is 506 g/mol. The first-order chi connectivity index (χ1) is 18.0. The molecule has 1 aliphatic rings. The molecule has 4 rings (SSSR count). The number of carboxylic acids is 1. The number of anilines is 1. The number of aromatic carboxylic acids is 1. The molecule has 1 aliphatic heterocycles. The number of hydrogen-bond acceptors (Lipinski definition) is 7. The number of amides is 3. The molecule has 0 radical (unpaired) electrons. The van der Waals surface area contributed by atoms with Gasteiger partial charge in [0.2, 0.25) is 5.91 Å². The van der Waals surface area contributed by atoms with Gasteiger partial charge in [-0.3, -0.25) is 14.5 Å². The molecule has 3 aromatic rings. The second-order valence-electron chi connectivity index (χ2n) is 9.90. The van der Waals surface area contributed by atoms with E-state index < -0.39 is 35.5 Å². The zero-order chi connectivity index (χ0) is 27.6. The molecule has 1 fully saturated rings. The predicted octanol–water partition coefficient (Wildman–Crippen LogP) is 4.41. The molecule has 0 aromatic heterocycles. The van der Waals surface area contributed by atoms with Gasteiger partial charge in [0.25, 0.3) is 0 Å². The maximum absolute atomic E-state index is 13.6. The van der Waals surface area contributed by atoms with E-state index in [0.717, 1.165) is 21.2 Å². The Bertz CT molecular complexity index is 1400. The van der Waals surface area contributed by atoms with Crippen LogP contribution in [0.5, 0.6) is 0 Å². The fourth-order valence-electron chi connectivity index (χ4n) is 4.44. The van der Waals surface area contributed by atoms with Crippen LogP contribution in [-0.2, 0) is 14.3 Å². The van der Waals surface area contributed by atoms with Crippen molar-refractivity contribution in [3.63, 3.8) is 0 Å². The smallest absolute Gasteiger partial charge is 0.335 e. The standard InChI is InChI=1S/C28H29N3O6S/c1-28(2,3)37-26(35)22-16-38-24(21-13-7-9-17-8-4-5-12-20(17)21)30(22)15-23(32)31(27(29)36)19-11-6-10-18(14-19)25(33)34/h4-14,22,24H,15-16H2,1-3H3,(H2,29,36)(H,33,34)/t22-,24+/m0/s1. The SMILES string of the molecule is CC(C)(C)OC(=O)[C@@H]1CS[C@H](c2cccc3ccccc23)N1CC(=O)N(C(N)=O)c1cccc(C(=O)O)c1. The molecule has 38 heavy (non-hydrogen) atoms. The van der Waals surface area contributed by atoms with Crippen LogP contribution in [0.15, 0.2) is 66.7 Å². The van der Waals surface area contributed by atoms with E-state index in [0.29, 0.717) is 5.75 Å². The number of thioether (sulfide) groups is 1. The number of primary amides is 1. The lowest BCUT2D eigenvalue weighted by Crippen LogP contribution is -2.50. The van der Waals surface area contributed by atoms with Crippen molar-refractivity contribution in [2.75, 3.05) is 17.2 Å². The minimum Gasteiger partial charge on any atom is -0.478 e. The number of urea groups is 1. The van der Waals surface area contributed by atoms with E-state index in [4.69, 9.17) is 10.5 Å². The number of hydrogen-bond donors (Lipinski definition) is 2. The Kier molecular flexibility index (Phi) is 7.75. The molecular formula is C28H29N3O6S. The number of nitrogens with two attached hydrogens (primary N) is 1. The number of imide groups is 1. The lowest BCUT2D eigenvalue weighted by Gasteiger charge is -2.31. The van der Waals surface area contributed by atoms with Crippen LogP contribution in [0.3, 0.4) is 0 Å². The van der Waals surface area contributed by atoms with Crippen LogP contribution in [0, 0.1) is 0 Å². The van der Waals surface area contributed by atoms with E-state index in [1.165, 1.54) is 36.0 Å². The van der Waals surface area contributed by atoms with Crippen LogP contribution in [0.1, 0.15) is 42.1 Å². The summed E-state index contributed by atoms with van der Waals surface area (Å²) in [4.78, 5) is 53.1. The number of nitrogens with zero attached hydrogens (tertiary/aromatic N) is 2. The number of rotatable bonds is 6. The first-order valence-corrected chi connectivity index (χ1v) is 13.0. The predicted molar refractivity (Wildman–Crippen MR) is 146 cm³/mol. The summed E-state index contributed by atoms with van der Waals surface area (Å²) < 4.78 is 5.66. The van der Waals surface area contributed by atoms with E-state index in [9.17, 15) is 24.3 Å². The Balaban J connectivity index is 1.72. The summed E-state index contributed by atoms with van der Waals surface area (Å²) >= 11 is 1.51. The number of carbonyl (C=O) groups is 4. The summed E-state index contributed by atoms with van der Waals surface area (Å²) in [7, 11) is 0. The van der Waals surface area contributed by atoms with Gasteiger partial charge >= 0.3 is 18.0 Å². The quantitative estimate of drug-likeness (QED) is 0.444. The highest BCUT2D eigenvalue weighted by atomic mass is 32.2. The maximum atomic E-state index is 13.6. The van der Waals surface area contributed by atoms with Gasteiger partial charge in [0.1, 0.15) is 11.6 Å². The fraction of sp³-hybridized carbons (Fsp3) is 0.286. The Morgan fingerprint density at radius 2 is 1.74 bits per heavy atom. The van der Waals surface area contributed by atoms with Crippen LogP contribution in [0.4, 0.5) is 10.5 Å². The zero-order valence-electron chi connectivity index (χ0n) is 21.3. The molecule has 3 N–H and O–H groups in total. The topological polar surface area (TPSA) is 130 Å². The highest BCUT2D eigenvalue weighted by molar-refractivity contribution is 7.99. The average Bonchev–Trinajstić information content (AvgIpc) is 3.26. The second kappa shape index (κ2) is 10.8. The molecule has 1 saturated heterocycles. The molecule has 0 spiro atoms. The van der Waals surface area contributed by atoms with Gasteiger partial charge in [0.05, 0.1) is 23.2 Å². The van der Waals surface area contributed by atoms with Crippen LogP contribution >= 0.6 is 11.8 Å².